The van der Waals surface area contributed by atoms with Gasteiger partial charge in [-0.1, -0.05) is 40.9 Å². The summed E-state index contributed by atoms with van der Waals surface area (Å²) in [5.41, 5.74) is 7.59. The van der Waals surface area contributed by atoms with Gasteiger partial charge in [-0.15, -0.1) is 0 Å². The third kappa shape index (κ3) is 3.33. The zero-order valence-electron chi connectivity index (χ0n) is 9.66. The van der Waals surface area contributed by atoms with Crippen LogP contribution in [0.4, 0.5) is 0 Å². The van der Waals surface area contributed by atoms with Crippen LogP contribution >= 0.6 is 15.9 Å². The summed E-state index contributed by atoms with van der Waals surface area (Å²) >= 11 is 3.52. The summed E-state index contributed by atoms with van der Waals surface area (Å²) in [6.07, 6.45) is 7.67. The Hall–Kier alpha value is -0.340. The van der Waals surface area contributed by atoms with Crippen LogP contribution in [0.15, 0.2) is 28.7 Å². The maximum Gasteiger partial charge on any atom is 0.0177 e. The largest absolute Gasteiger partial charge is 0.327 e. The van der Waals surface area contributed by atoms with E-state index >= 15 is 0 Å². The minimum Gasteiger partial charge on any atom is -0.327 e. The summed E-state index contributed by atoms with van der Waals surface area (Å²) in [6.45, 7) is 0. The first-order valence-electron chi connectivity index (χ1n) is 6.26. The highest BCUT2D eigenvalue weighted by Gasteiger charge is 2.21. The van der Waals surface area contributed by atoms with E-state index in [9.17, 15) is 0 Å². The zero-order chi connectivity index (χ0) is 11.4. The van der Waals surface area contributed by atoms with E-state index in [1.807, 2.05) is 0 Å². The van der Waals surface area contributed by atoms with Gasteiger partial charge in [0.25, 0.3) is 0 Å². The molecule has 0 spiro atoms. The molecule has 2 unspecified atom stereocenters. The Bertz CT molecular complexity index is 337. The van der Waals surface area contributed by atoms with E-state index in [1.54, 1.807) is 0 Å². The standard InChI is InChI=1S/C14H20BrN/c15-13-6-3-4-11(10-13)8-9-12-5-1-2-7-14(12)16/h3-4,6,10,12,14H,1-2,5,7-9,16H2. The Balaban J connectivity index is 1.86. The van der Waals surface area contributed by atoms with Crippen LogP contribution in [0.2, 0.25) is 0 Å². The third-order valence-electron chi connectivity index (χ3n) is 3.66. The van der Waals surface area contributed by atoms with Gasteiger partial charge in [-0.05, 0) is 49.3 Å². The lowest BCUT2D eigenvalue weighted by Gasteiger charge is -2.28. The van der Waals surface area contributed by atoms with Crippen LogP contribution in [0, 0.1) is 5.92 Å². The molecule has 0 amide bonds. The van der Waals surface area contributed by atoms with Gasteiger partial charge >= 0.3 is 0 Å². The van der Waals surface area contributed by atoms with Crippen molar-refractivity contribution in [3.05, 3.63) is 34.3 Å². The molecule has 1 aliphatic carbocycles. The number of aryl methyl sites for hydroxylation is 1. The molecule has 88 valence electrons. The Morgan fingerprint density at radius 1 is 1.25 bits per heavy atom. The van der Waals surface area contributed by atoms with Crippen LogP contribution in [-0.2, 0) is 6.42 Å². The fourth-order valence-electron chi connectivity index (χ4n) is 2.64. The maximum atomic E-state index is 6.16. The second-order valence-electron chi connectivity index (χ2n) is 4.88. The predicted molar refractivity (Wildman–Crippen MR) is 72.4 cm³/mol. The normalized spacial score (nSPS) is 25.6. The van der Waals surface area contributed by atoms with Crippen molar-refractivity contribution in [2.24, 2.45) is 11.7 Å². The van der Waals surface area contributed by atoms with Gasteiger partial charge in [-0.2, -0.15) is 0 Å². The van der Waals surface area contributed by atoms with Gasteiger partial charge in [-0.25, -0.2) is 0 Å². The first kappa shape index (κ1) is 12.1. The molecule has 1 aromatic rings. The van der Waals surface area contributed by atoms with Crippen molar-refractivity contribution >= 4 is 15.9 Å². The molecule has 0 heterocycles. The summed E-state index contributed by atoms with van der Waals surface area (Å²) in [6, 6.07) is 9.06. The van der Waals surface area contributed by atoms with Crippen molar-refractivity contribution in [1.82, 2.24) is 0 Å². The minimum absolute atomic E-state index is 0.445. The van der Waals surface area contributed by atoms with E-state index in [-0.39, 0.29) is 0 Å². The Morgan fingerprint density at radius 2 is 2.06 bits per heavy atom. The van der Waals surface area contributed by atoms with Gasteiger partial charge in [0.2, 0.25) is 0 Å². The number of nitrogens with two attached hydrogens (primary N) is 1. The molecule has 1 aromatic carbocycles. The van der Waals surface area contributed by atoms with E-state index in [0.717, 1.165) is 12.3 Å². The fraction of sp³-hybridized carbons (Fsp3) is 0.571. The first-order valence-corrected chi connectivity index (χ1v) is 7.05. The lowest BCUT2D eigenvalue weighted by Crippen LogP contribution is -2.33. The molecular formula is C14H20BrN. The molecule has 2 heteroatoms. The molecule has 2 N–H and O–H groups in total. The van der Waals surface area contributed by atoms with Crippen LogP contribution in [-0.4, -0.2) is 6.04 Å². The molecule has 0 bridgehead atoms. The molecule has 16 heavy (non-hydrogen) atoms. The highest BCUT2D eigenvalue weighted by Crippen LogP contribution is 2.27. The molecular weight excluding hydrogens is 262 g/mol. The highest BCUT2D eigenvalue weighted by molar-refractivity contribution is 9.10. The molecule has 0 saturated heterocycles. The molecule has 2 rings (SSSR count). The van der Waals surface area contributed by atoms with Crippen LogP contribution in [0.25, 0.3) is 0 Å². The fourth-order valence-corrected chi connectivity index (χ4v) is 3.09. The van der Waals surface area contributed by atoms with E-state index in [1.165, 1.54) is 42.1 Å². The van der Waals surface area contributed by atoms with E-state index in [2.05, 4.69) is 40.2 Å². The molecule has 1 fully saturated rings. The van der Waals surface area contributed by atoms with E-state index in [0.29, 0.717) is 6.04 Å². The number of halogens is 1. The Labute approximate surface area is 107 Å². The van der Waals surface area contributed by atoms with Gasteiger partial charge in [0, 0.05) is 10.5 Å². The smallest absolute Gasteiger partial charge is 0.0177 e. The number of hydrogen-bond donors (Lipinski definition) is 1. The minimum atomic E-state index is 0.445. The van der Waals surface area contributed by atoms with Crippen LogP contribution in [0.3, 0.4) is 0 Å². The lowest BCUT2D eigenvalue weighted by molar-refractivity contribution is 0.292. The van der Waals surface area contributed by atoms with Gasteiger partial charge < -0.3 is 5.73 Å². The predicted octanol–water partition coefficient (Wildman–Crippen LogP) is 3.90. The summed E-state index contributed by atoms with van der Waals surface area (Å²) in [5, 5.41) is 0. The van der Waals surface area contributed by atoms with Crippen molar-refractivity contribution in [3.8, 4) is 0 Å². The second kappa shape index (κ2) is 5.83. The number of benzene rings is 1. The molecule has 1 aliphatic rings. The third-order valence-corrected chi connectivity index (χ3v) is 4.15. The van der Waals surface area contributed by atoms with E-state index < -0.39 is 0 Å². The molecule has 2 atom stereocenters. The summed E-state index contributed by atoms with van der Waals surface area (Å²) in [5.74, 6) is 0.743. The zero-order valence-corrected chi connectivity index (χ0v) is 11.2. The topological polar surface area (TPSA) is 26.0 Å². The summed E-state index contributed by atoms with van der Waals surface area (Å²) in [7, 11) is 0. The average Bonchev–Trinajstić information content (AvgIpc) is 2.28. The molecule has 0 aromatic heterocycles. The monoisotopic (exact) mass is 281 g/mol. The summed E-state index contributed by atoms with van der Waals surface area (Å²) < 4.78 is 1.18. The maximum absolute atomic E-state index is 6.16. The van der Waals surface area contributed by atoms with Gasteiger partial charge in [-0.3, -0.25) is 0 Å². The quantitative estimate of drug-likeness (QED) is 0.894. The molecule has 1 nitrogen and oxygen atoms in total. The van der Waals surface area contributed by atoms with Crippen LogP contribution < -0.4 is 5.73 Å². The summed E-state index contributed by atoms with van der Waals surface area (Å²) in [4.78, 5) is 0. The number of rotatable bonds is 3. The molecule has 0 radical (unpaired) electrons. The molecule has 1 saturated carbocycles. The highest BCUT2D eigenvalue weighted by atomic mass is 79.9. The van der Waals surface area contributed by atoms with Crippen molar-refractivity contribution in [1.29, 1.82) is 0 Å². The van der Waals surface area contributed by atoms with Gasteiger partial charge in [0.15, 0.2) is 0 Å². The van der Waals surface area contributed by atoms with E-state index in [4.69, 9.17) is 5.73 Å². The van der Waals surface area contributed by atoms with Crippen molar-refractivity contribution in [3.63, 3.8) is 0 Å². The Morgan fingerprint density at radius 3 is 2.81 bits per heavy atom. The SMILES string of the molecule is NC1CCCCC1CCc1cccc(Br)c1. The first-order chi connectivity index (χ1) is 7.75. The van der Waals surface area contributed by atoms with Crippen molar-refractivity contribution in [2.75, 3.05) is 0 Å². The second-order valence-corrected chi connectivity index (χ2v) is 5.79. The van der Waals surface area contributed by atoms with Crippen molar-refractivity contribution < 1.29 is 0 Å². The van der Waals surface area contributed by atoms with Crippen LogP contribution in [0.1, 0.15) is 37.7 Å². The van der Waals surface area contributed by atoms with Gasteiger partial charge in [0.1, 0.15) is 0 Å². The lowest BCUT2D eigenvalue weighted by atomic mass is 9.81. The van der Waals surface area contributed by atoms with Crippen LogP contribution in [0.5, 0.6) is 0 Å². The van der Waals surface area contributed by atoms with Gasteiger partial charge in [0.05, 0.1) is 0 Å². The average molecular weight is 282 g/mol. The number of hydrogen-bond acceptors (Lipinski definition) is 1. The molecule has 0 aliphatic heterocycles. The van der Waals surface area contributed by atoms with Crippen molar-refractivity contribution in [2.45, 2.75) is 44.6 Å². The Kier molecular flexibility index (Phi) is 4.42.